The maximum atomic E-state index is 5.93. The van der Waals surface area contributed by atoms with E-state index in [1.165, 1.54) is 30.2 Å². The Labute approximate surface area is 107 Å². The fraction of sp³-hybridized carbons (Fsp3) is 0.467. The summed E-state index contributed by atoms with van der Waals surface area (Å²) in [6.45, 7) is 1.41. The quantitative estimate of drug-likeness (QED) is 0.878. The summed E-state index contributed by atoms with van der Waals surface area (Å²) in [5.74, 6) is 0.998. The molecule has 3 heteroatoms. The number of ether oxygens (including phenoxy) is 1. The van der Waals surface area contributed by atoms with Gasteiger partial charge in [0, 0.05) is 10.9 Å². The third kappa shape index (κ3) is 2.16. The molecule has 0 spiro atoms. The molecule has 0 bridgehead atoms. The molecule has 0 radical (unpaired) electrons. The Kier molecular flexibility index (Phi) is 3.35. The predicted molar refractivity (Wildman–Crippen MR) is 71.4 cm³/mol. The minimum atomic E-state index is 0.459. The zero-order valence-corrected chi connectivity index (χ0v) is 10.7. The fourth-order valence-electron chi connectivity index (χ4n) is 2.35. The molecule has 18 heavy (non-hydrogen) atoms. The third-order valence-corrected chi connectivity index (χ3v) is 3.63. The lowest BCUT2D eigenvalue weighted by Gasteiger charge is -2.25. The van der Waals surface area contributed by atoms with Gasteiger partial charge in [-0.15, -0.1) is 0 Å². The van der Waals surface area contributed by atoms with Crippen LogP contribution >= 0.6 is 0 Å². The molecule has 1 N–H and O–H groups in total. The molecule has 0 unspecified atom stereocenters. The number of fused-ring (bicyclic) bond motifs is 1. The van der Waals surface area contributed by atoms with Crippen LogP contribution in [-0.2, 0) is 17.9 Å². The molecule has 2 aromatic rings. The zero-order valence-electron chi connectivity index (χ0n) is 10.7. The lowest BCUT2D eigenvalue weighted by Crippen LogP contribution is -2.21. The standard InChI is InChI=1S/C15H19NO2/c1-16-9-15-13(10-17-11-5-4-6-11)12-7-2-3-8-14(12)18-15/h2-3,7-8,11,16H,4-6,9-10H2,1H3. The van der Waals surface area contributed by atoms with E-state index in [9.17, 15) is 0 Å². The number of hydrogen-bond donors (Lipinski definition) is 1. The van der Waals surface area contributed by atoms with Crippen LogP contribution in [-0.4, -0.2) is 13.2 Å². The number of benzene rings is 1. The van der Waals surface area contributed by atoms with Gasteiger partial charge in [-0.25, -0.2) is 0 Å². The van der Waals surface area contributed by atoms with Crippen LogP contribution in [0.25, 0.3) is 11.0 Å². The highest BCUT2D eigenvalue weighted by atomic mass is 16.5. The second-order valence-electron chi connectivity index (χ2n) is 4.89. The summed E-state index contributed by atoms with van der Waals surface area (Å²) in [4.78, 5) is 0. The average Bonchev–Trinajstić information content (AvgIpc) is 2.66. The fourth-order valence-corrected chi connectivity index (χ4v) is 2.35. The molecule has 0 atom stereocenters. The van der Waals surface area contributed by atoms with E-state index >= 15 is 0 Å². The molecular weight excluding hydrogens is 226 g/mol. The van der Waals surface area contributed by atoms with Crippen LogP contribution in [0.15, 0.2) is 28.7 Å². The Morgan fingerprint density at radius 1 is 1.33 bits per heavy atom. The second-order valence-corrected chi connectivity index (χ2v) is 4.89. The largest absolute Gasteiger partial charge is 0.459 e. The van der Waals surface area contributed by atoms with E-state index in [0.717, 1.165) is 17.9 Å². The maximum Gasteiger partial charge on any atom is 0.134 e. The van der Waals surface area contributed by atoms with E-state index in [1.807, 2.05) is 25.2 Å². The van der Waals surface area contributed by atoms with Gasteiger partial charge in [0.15, 0.2) is 0 Å². The van der Waals surface area contributed by atoms with Gasteiger partial charge < -0.3 is 14.5 Å². The van der Waals surface area contributed by atoms with Crippen LogP contribution in [0.1, 0.15) is 30.6 Å². The summed E-state index contributed by atoms with van der Waals surface area (Å²) in [7, 11) is 1.93. The first-order chi connectivity index (χ1) is 8.88. The molecule has 0 saturated heterocycles. The summed E-state index contributed by atoms with van der Waals surface area (Å²) in [5.41, 5.74) is 2.15. The summed E-state index contributed by atoms with van der Waals surface area (Å²) >= 11 is 0. The van der Waals surface area contributed by atoms with Crippen molar-refractivity contribution in [1.82, 2.24) is 5.32 Å². The topological polar surface area (TPSA) is 34.4 Å². The van der Waals surface area contributed by atoms with Gasteiger partial charge in [0.05, 0.1) is 19.3 Å². The highest BCUT2D eigenvalue weighted by molar-refractivity contribution is 5.82. The highest BCUT2D eigenvalue weighted by Gasteiger charge is 2.20. The lowest BCUT2D eigenvalue weighted by molar-refractivity contribution is -0.00880. The predicted octanol–water partition coefficient (Wildman–Crippen LogP) is 3.22. The first-order valence-electron chi connectivity index (χ1n) is 6.64. The zero-order chi connectivity index (χ0) is 12.4. The number of hydrogen-bond acceptors (Lipinski definition) is 3. The van der Waals surface area contributed by atoms with Crippen molar-refractivity contribution in [3.63, 3.8) is 0 Å². The van der Waals surface area contributed by atoms with Crippen molar-refractivity contribution < 1.29 is 9.15 Å². The van der Waals surface area contributed by atoms with E-state index < -0.39 is 0 Å². The Hall–Kier alpha value is -1.32. The summed E-state index contributed by atoms with van der Waals surface area (Å²) in [6.07, 6.45) is 4.18. The molecule has 3 rings (SSSR count). The number of para-hydroxylation sites is 1. The van der Waals surface area contributed by atoms with Gasteiger partial charge in [0.25, 0.3) is 0 Å². The van der Waals surface area contributed by atoms with Crippen molar-refractivity contribution in [3.05, 3.63) is 35.6 Å². The molecule has 1 aliphatic carbocycles. The summed E-state index contributed by atoms with van der Waals surface area (Å²) in [5, 5.41) is 4.33. The molecule has 1 heterocycles. The summed E-state index contributed by atoms with van der Waals surface area (Å²) < 4.78 is 11.8. The number of furan rings is 1. The van der Waals surface area contributed by atoms with Gasteiger partial charge in [-0.2, -0.15) is 0 Å². The van der Waals surface area contributed by atoms with Gasteiger partial charge in [0.1, 0.15) is 11.3 Å². The lowest BCUT2D eigenvalue weighted by atomic mass is 9.96. The van der Waals surface area contributed by atoms with Crippen molar-refractivity contribution in [2.75, 3.05) is 7.05 Å². The summed E-state index contributed by atoms with van der Waals surface area (Å²) in [6, 6.07) is 8.18. The molecule has 1 aliphatic rings. The minimum absolute atomic E-state index is 0.459. The van der Waals surface area contributed by atoms with Gasteiger partial charge in [0.2, 0.25) is 0 Å². The van der Waals surface area contributed by atoms with Crippen LogP contribution in [0.2, 0.25) is 0 Å². The van der Waals surface area contributed by atoms with Gasteiger partial charge in [-0.1, -0.05) is 18.2 Å². The monoisotopic (exact) mass is 245 g/mol. The first-order valence-corrected chi connectivity index (χ1v) is 6.64. The SMILES string of the molecule is CNCc1oc2ccccc2c1COC1CCC1. The Morgan fingerprint density at radius 3 is 2.89 bits per heavy atom. The first kappa shape index (κ1) is 11.8. The van der Waals surface area contributed by atoms with E-state index in [1.54, 1.807) is 0 Å². The van der Waals surface area contributed by atoms with Crippen molar-refractivity contribution in [3.8, 4) is 0 Å². The molecule has 1 aromatic heterocycles. The van der Waals surface area contributed by atoms with Crippen molar-refractivity contribution in [1.29, 1.82) is 0 Å². The van der Waals surface area contributed by atoms with Gasteiger partial charge in [-0.3, -0.25) is 0 Å². The minimum Gasteiger partial charge on any atom is -0.459 e. The van der Waals surface area contributed by atoms with Crippen LogP contribution in [0.3, 0.4) is 0 Å². The Morgan fingerprint density at radius 2 is 2.17 bits per heavy atom. The Bertz CT molecular complexity index is 528. The van der Waals surface area contributed by atoms with Crippen LogP contribution in [0, 0.1) is 0 Å². The number of rotatable bonds is 5. The van der Waals surface area contributed by atoms with Crippen molar-refractivity contribution in [2.24, 2.45) is 0 Å². The van der Waals surface area contributed by atoms with E-state index in [4.69, 9.17) is 9.15 Å². The van der Waals surface area contributed by atoms with E-state index in [2.05, 4.69) is 11.4 Å². The van der Waals surface area contributed by atoms with Crippen molar-refractivity contribution >= 4 is 11.0 Å². The molecule has 0 amide bonds. The van der Waals surface area contributed by atoms with E-state index in [-0.39, 0.29) is 0 Å². The van der Waals surface area contributed by atoms with E-state index in [0.29, 0.717) is 12.7 Å². The molecule has 1 saturated carbocycles. The molecule has 96 valence electrons. The highest BCUT2D eigenvalue weighted by Crippen LogP contribution is 2.29. The normalized spacial score (nSPS) is 16.1. The van der Waals surface area contributed by atoms with Crippen LogP contribution < -0.4 is 5.32 Å². The van der Waals surface area contributed by atoms with Gasteiger partial charge >= 0.3 is 0 Å². The van der Waals surface area contributed by atoms with Gasteiger partial charge in [-0.05, 0) is 32.4 Å². The molecule has 1 aromatic carbocycles. The average molecular weight is 245 g/mol. The second kappa shape index (κ2) is 5.12. The molecule has 3 nitrogen and oxygen atoms in total. The Balaban J connectivity index is 1.87. The maximum absolute atomic E-state index is 5.93. The molecule has 1 fully saturated rings. The number of nitrogens with one attached hydrogen (secondary N) is 1. The van der Waals surface area contributed by atoms with Crippen molar-refractivity contribution in [2.45, 2.75) is 38.5 Å². The molecular formula is C15H19NO2. The van der Waals surface area contributed by atoms with Crippen LogP contribution in [0.4, 0.5) is 0 Å². The third-order valence-electron chi connectivity index (χ3n) is 3.63. The van der Waals surface area contributed by atoms with Crippen LogP contribution in [0.5, 0.6) is 0 Å². The smallest absolute Gasteiger partial charge is 0.134 e. The molecule has 0 aliphatic heterocycles.